The summed E-state index contributed by atoms with van der Waals surface area (Å²) < 4.78 is 2.05. The quantitative estimate of drug-likeness (QED) is 0.240. The highest BCUT2D eigenvalue weighted by molar-refractivity contribution is 5.95. The van der Waals surface area contributed by atoms with Crippen molar-refractivity contribution in [2.75, 3.05) is 0 Å². The molecular formula is C7H10N4O3. The van der Waals surface area contributed by atoms with Gasteiger partial charge in [0, 0.05) is 20.2 Å². The Kier molecular flexibility index (Phi) is 2.41. The van der Waals surface area contributed by atoms with Gasteiger partial charge in [0.15, 0.2) is 5.84 Å². The minimum Gasteiger partial charge on any atom is -0.409 e. The van der Waals surface area contributed by atoms with Gasteiger partial charge >= 0.3 is 5.69 Å². The van der Waals surface area contributed by atoms with Crippen LogP contribution >= 0.6 is 0 Å². The zero-order valence-corrected chi connectivity index (χ0v) is 7.76. The van der Waals surface area contributed by atoms with Gasteiger partial charge in [0.25, 0.3) is 5.56 Å². The number of nitrogens with zero attached hydrogens (tertiary/aromatic N) is 3. The normalized spacial score (nSPS) is 11.7. The molecule has 0 radical (unpaired) electrons. The monoisotopic (exact) mass is 198 g/mol. The second-order valence-corrected chi connectivity index (χ2v) is 2.75. The predicted molar refractivity (Wildman–Crippen MR) is 49.4 cm³/mol. The van der Waals surface area contributed by atoms with Gasteiger partial charge in [-0.25, -0.2) is 4.79 Å². The van der Waals surface area contributed by atoms with Crippen molar-refractivity contribution in [2.24, 2.45) is 25.0 Å². The summed E-state index contributed by atoms with van der Waals surface area (Å²) in [6.45, 7) is 0. The van der Waals surface area contributed by atoms with Crippen LogP contribution in [-0.4, -0.2) is 20.2 Å². The lowest BCUT2D eigenvalue weighted by molar-refractivity contribution is 0.318. The largest absolute Gasteiger partial charge is 0.409 e. The first-order valence-electron chi connectivity index (χ1n) is 3.74. The maximum absolute atomic E-state index is 11.4. The molecule has 0 atom stereocenters. The third-order valence-electron chi connectivity index (χ3n) is 1.90. The molecule has 0 spiro atoms. The SMILES string of the molecule is Cn1c(/C(N)=N\O)cc(=O)n(C)c1=O. The Morgan fingerprint density at radius 2 is 2.00 bits per heavy atom. The Hall–Kier alpha value is -2.05. The molecule has 0 amide bonds. The van der Waals surface area contributed by atoms with E-state index in [1.807, 2.05) is 0 Å². The van der Waals surface area contributed by atoms with Crippen LogP contribution < -0.4 is 17.0 Å². The molecule has 14 heavy (non-hydrogen) atoms. The van der Waals surface area contributed by atoms with Crippen LogP contribution in [0.3, 0.4) is 0 Å². The van der Waals surface area contributed by atoms with Crippen molar-refractivity contribution in [3.05, 3.63) is 32.6 Å². The van der Waals surface area contributed by atoms with Crippen LogP contribution in [0, 0.1) is 0 Å². The maximum Gasteiger partial charge on any atom is 0.331 e. The van der Waals surface area contributed by atoms with E-state index in [0.717, 1.165) is 15.2 Å². The predicted octanol–water partition coefficient (Wildman–Crippen LogP) is -1.82. The molecule has 0 aliphatic carbocycles. The van der Waals surface area contributed by atoms with Gasteiger partial charge in [-0.1, -0.05) is 5.16 Å². The van der Waals surface area contributed by atoms with Crippen molar-refractivity contribution in [2.45, 2.75) is 0 Å². The molecule has 0 unspecified atom stereocenters. The maximum atomic E-state index is 11.4. The number of rotatable bonds is 1. The molecule has 7 heteroatoms. The van der Waals surface area contributed by atoms with Crippen molar-refractivity contribution in [3.63, 3.8) is 0 Å². The summed E-state index contributed by atoms with van der Waals surface area (Å²) in [5.74, 6) is -0.276. The number of aromatic nitrogens is 2. The molecule has 0 aromatic carbocycles. The van der Waals surface area contributed by atoms with E-state index in [1.54, 1.807) is 0 Å². The molecule has 7 nitrogen and oxygen atoms in total. The summed E-state index contributed by atoms with van der Waals surface area (Å²) in [4.78, 5) is 22.6. The number of nitrogens with two attached hydrogens (primary N) is 1. The van der Waals surface area contributed by atoms with E-state index in [1.165, 1.54) is 14.1 Å². The van der Waals surface area contributed by atoms with E-state index < -0.39 is 11.2 Å². The lowest BCUT2D eigenvalue weighted by Gasteiger charge is -2.06. The fourth-order valence-electron chi connectivity index (χ4n) is 1.03. The van der Waals surface area contributed by atoms with Crippen LogP contribution in [0.25, 0.3) is 0 Å². The molecule has 0 aliphatic rings. The summed E-state index contributed by atoms with van der Waals surface area (Å²) in [6.07, 6.45) is 0. The third kappa shape index (κ3) is 1.39. The van der Waals surface area contributed by atoms with Gasteiger partial charge in [-0.15, -0.1) is 0 Å². The van der Waals surface area contributed by atoms with E-state index in [9.17, 15) is 9.59 Å². The number of hydrogen-bond acceptors (Lipinski definition) is 4. The third-order valence-corrected chi connectivity index (χ3v) is 1.90. The summed E-state index contributed by atoms with van der Waals surface area (Å²) in [6, 6.07) is 1.12. The standard InChI is InChI=1S/C7H10N4O3/c1-10-4(6(8)9-14)3-5(12)11(2)7(10)13/h3,14H,1-2H3,(H2,8,9). The second kappa shape index (κ2) is 3.36. The van der Waals surface area contributed by atoms with E-state index in [0.29, 0.717) is 0 Å². The molecule has 0 aliphatic heterocycles. The molecule has 1 heterocycles. The van der Waals surface area contributed by atoms with Crippen LogP contribution in [0.2, 0.25) is 0 Å². The Morgan fingerprint density at radius 3 is 2.50 bits per heavy atom. The van der Waals surface area contributed by atoms with E-state index >= 15 is 0 Å². The molecule has 1 rings (SSSR count). The molecule has 1 aromatic heterocycles. The number of hydrogen-bond donors (Lipinski definition) is 2. The van der Waals surface area contributed by atoms with Gasteiger partial charge in [-0.3, -0.25) is 13.9 Å². The zero-order valence-electron chi connectivity index (χ0n) is 7.76. The van der Waals surface area contributed by atoms with Gasteiger partial charge in [0.1, 0.15) is 0 Å². The molecule has 0 saturated heterocycles. The van der Waals surface area contributed by atoms with Crippen LogP contribution in [-0.2, 0) is 14.1 Å². The zero-order chi connectivity index (χ0) is 10.9. The van der Waals surface area contributed by atoms with Crippen LogP contribution in [0.4, 0.5) is 0 Å². The molecule has 0 fully saturated rings. The molecule has 3 N–H and O–H groups in total. The fourth-order valence-corrected chi connectivity index (χ4v) is 1.03. The smallest absolute Gasteiger partial charge is 0.331 e. The molecular weight excluding hydrogens is 188 g/mol. The summed E-state index contributed by atoms with van der Waals surface area (Å²) in [7, 11) is 2.77. The lowest BCUT2D eigenvalue weighted by Crippen LogP contribution is -2.40. The number of amidine groups is 1. The first-order chi connectivity index (χ1) is 6.49. The first-order valence-corrected chi connectivity index (χ1v) is 3.74. The highest BCUT2D eigenvalue weighted by atomic mass is 16.4. The topological polar surface area (TPSA) is 103 Å². The summed E-state index contributed by atoms with van der Waals surface area (Å²) >= 11 is 0. The minimum atomic E-state index is -0.529. The van der Waals surface area contributed by atoms with Crippen molar-refractivity contribution < 1.29 is 5.21 Å². The Labute approximate surface area is 78.7 Å². The van der Waals surface area contributed by atoms with Gasteiger partial charge < -0.3 is 10.9 Å². The fraction of sp³-hybridized carbons (Fsp3) is 0.286. The van der Waals surface area contributed by atoms with Crippen molar-refractivity contribution in [3.8, 4) is 0 Å². The van der Waals surface area contributed by atoms with E-state index in [2.05, 4.69) is 5.16 Å². The average Bonchev–Trinajstić information content (AvgIpc) is 2.19. The summed E-state index contributed by atoms with van der Waals surface area (Å²) in [5.41, 5.74) is 4.33. The lowest BCUT2D eigenvalue weighted by atomic mass is 10.3. The van der Waals surface area contributed by atoms with Crippen LogP contribution in [0.15, 0.2) is 20.8 Å². The number of oxime groups is 1. The van der Waals surface area contributed by atoms with E-state index in [-0.39, 0.29) is 11.5 Å². The van der Waals surface area contributed by atoms with Gasteiger partial charge in [-0.2, -0.15) is 0 Å². The van der Waals surface area contributed by atoms with Crippen LogP contribution in [0.5, 0.6) is 0 Å². The van der Waals surface area contributed by atoms with Gasteiger partial charge in [0.2, 0.25) is 0 Å². The Balaban J connectivity index is 3.66. The second-order valence-electron chi connectivity index (χ2n) is 2.75. The average molecular weight is 198 g/mol. The van der Waals surface area contributed by atoms with Crippen molar-refractivity contribution in [1.29, 1.82) is 0 Å². The van der Waals surface area contributed by atoms with Gasteiger partial charge in [0.05, 0.1) is 5.69 Å². The summed E-state index contributed by atoms with van der Waals surface area (Å²) in [5, 5.41) is 11.1. The van der Waals surface area contributed by atoms with Crippen LogP contribution in [0.1, 0.15) is 5.69 Å². The van der Waals surface area contributed by atoms with Crippen molar-refractivity contribution in [1.82, 2.24) is 9.13 Å². The minimum absolute atomic E-state index is 0.0839. The highest BCUT2D eigenvalue weighted by Crippen LogP contribution is 1.88. The van der Waals surface area contributed by atoms with E-state index in [4.69, 9.17) is 10.9 Å². The Morgan fingerprint density at radius 1 is 1.43 bits per heavy atom. The van der Waals surface area contributed by atoms with Gasteiger partial charge in [-0.05, 0) is 0 Å². The Bertz CT molecular complexity index is 497. The van der Waals surface area contributed by atoms with Crippen molar-refractivity contribution >= 4 is 5.84 Å². The molecule has 0 bridgehead atoms. The highest BCUT2D eigenvalue weighted by Gasteiger charge is 2.08. The molecule has 0 saturated carbocycles. The first kappa shape index (κ1) is 10.0. The molecule has 1 aromatic rings. The molecule has 76 valence electrons.